The van der Waals surface area contributed by atoms with E-state index in [1.54, 1.807) is 14.0 Å². The van der Waals surface area contributed by atoms with E-state index in [9.17, 15) is 0 Å². The lowest BCUT2D eigenvalue weighted by Gasteiger charge is -2.15. The molecule has 0 aliphatic carbocycles. The number of nitrogens with two attached hydrogens (primary N) is 1. The van der Waals surface area contributed by atoms with Gasteiger partial charge in [-0.3, -0.25) is 0 Å². The molecule has 0 saturated carbocycles. The minimum absolute atomic E-state index is 0.0287. The van der Waals surface area contributed by atoms with E-state index in [1.807, 2.05) is 24.3 Å². The number of aromatic nitrogens is 2. The predicted octanol–water partition coefficient (Wildman–Crippen LogP) is 2.18. The highest BCUT2D eigenvalue weighted by Gasteiger charge is 2.18. The quantitative estimate of drug-likeness (QED) is 0.835. The van der Waals surface area contributed by atoms with Crippen LogP contribution in [0.15, 0.2) is 33.9 Å². The number of hydrogen-bond acceptors (Lipinski definition) is 6. The van der Waals surface area contributed by atoms with Gasteiger partial charge < -0.3 is 14.9 Å². The molecular weight excluding hydrogens is 250 g/mol. The second-order valence-corrected chi connectivity index (χ2v) is 4.83. The maximum atomic E-state index is 5.82. The van der Waals surface area contributed by atoms with Crippen molar-refractivity contribution in [3.8, 4) is 5.75 Å². The van der Waals surface area contributed by atoms with Crippen LogP contribution in [0.25, 0.3) is 0 Å². The molecule has 0 fully saturated rings. The summed E-state index contributed by atoms with van der Waals surface area (Å²) in [6.45, 7) is 2.23. The number of thioether (sulfide) groups is 1. The van der Waals surface area contributed by atoms with Crippen LogP contribution < -0.4 is 10.5 Å². The molecule has 18 heavy (non-hydrogen) atoms. The van der Waals surface area contributed by atoms with E-state index in [4.69, 9.17) is 14.9 Å². The zero-order chi connectivity index (χ0) is 13.0. The first-order valence-electron chi connectivity index (χ1n) is 5.54. The highest BCUT2D eigenvalue weighted by Crippen LogP contribution is 2.37. The van der Waals surface area contributed by atoms with Gasteiger partial charge in [0.25, 0.3) is 5.22 Å². The SMILES string of the molecule is COc1ccccc1C(CN)Sc1nnc(C)o1. The van der Waals surface area contributed by atoms with Gasteiger partial charge in [0.1, 0.15) is 5.75 Å². The molecule has 0 saturated heterocycles. The molecule has 0 bridgehead atoms. The van der Waals surface area contributed by atoms with Gasteiger partial charge in [-0.15, -0.1) is 10.2 Å². The van der Waals surface area contributed by atoms with Gasteiger partial charge in [-0.25, -0.2) is 0 Å². The Labute approximate surface area is 110 Å². The molecule has 1 heterocycles. The van der Waals surface area contributed by atoms with E-state index in [-0.39, 0.29) is 5.25 Å². The van der Waals surface area contributed by atoms with Crippen LogP contribution >= 0.6 is 11.8 Å². The summed E-state index contributed by atoms with van der Waals surface area (Å²) in [5.74, 6) is 1.37. The first kappa shape index (κ1) is 12.9. The van der Waals surface area contributed by atoms with Crippen molar-refractivity contribution < 1.29 is 9.15 Å². The minimum atomic E-state index is 0.0287. The van der Waals surface area contributed by atoms with E-state index < -0.39 is 0 Å². The smallest absolute Gasteiger partial charge is 0.277 e. The average molecular weight is 265 g/mol. The first-order chi connectivity index (χ1) is 8.74. The number of ether oxygens (including phenoxy) is 1. The fourth-order valence-corrected chi connectivity index (χ4v) is 2.54. The van der Waals surface area contributed by atoms with Gasteiger partial charge in [-0.05, 0) is 6.07 Å². The number of aryl methyl sites for hydroxylation is 1. The molecule has 0 aliphatic rings. The third-order valence-corrected chi connectivity index (χ3v) is 3.55. The number of hydrogen-bond donors (Lipinski definition) is 1. The fraction of sp³-hybridized carbons (Fsp3) is 0.333. The van der Waals surface area contributed by atoms with Crippen molar-refractivity contribution in [3.63, 3.8) is 0 Å². The van der Waals surface area contributed by atoms with Gasteiger partial charge in [0, 0.05) is 19.0 Å². The van der Waals surface area contributed by atoms with Gasteiger partial charge in [-0.2, -0.15) is 0 Å². The van der Waals surface area contributed by atoms with Crippen molar-refractivity contribution in [2.24, 2.45) is 5.73 Å². The van der Waals surface area contributed by atoms with E-state index in [0.29, 0.717) is 17.7 Å². The Balaban J connectivity index is 2.22. The normalized spacial score (nSPS) is 12.4. The molecule has 1 unspecified atom stereocenters. The molecule has 0 amide bonds. The molecule has 0 aliphatic heterocycles. The third-order valence-electron chi connectivity index (χ3n) is 2.45. The summed E-state index contributed by atoms with van der Waals surface area (Å²) in [6, 6.07) is 7.79. The molecule has 0 spiro atoms. The maximum absolute atomic E-state index is 5.82. The standard InChI is InChI=1S/C12H15N3O2S/c1-8-14-15-12(17-8)18-11(7-13)9-5-3-4-6-10(9)16-2/h3-6,11H,7,13H2,1-2H3. The third kappa shape index (κ3) is 2.83. The number of benzene rings is 1. The highest BCUT2D eigenvalue weighted by molar-refractivity contribution is 7.99. The molecule has 96 valence electrons. The topological polar surface area (TPSA) is 74.2 Å². The first-order valence-corrected chi connectivity index (χ1v) is 6.42. The molecule has 2 rings (SSSR count). The second kappa shape index (κ2) is 5.88. The maximum Gasteiger partial charge on any atom is 0.277 e. The largest absolute Gasteiger partial charge is 0.496 e. The van der Waals surface area contributed by atoms with E-state index in [0.717, 1.165) is 11.3 Å². The molecule has 1 aromatic carbocycles. The van der Waals surface area contributed by atoms with E-state index in [1.165, 1.54) is 11.8 Å². The van der Waals surface area contributed by atoms with Crippen molar-refractivity contribution in [2.75, 3.05) is 13.7 Å². The number of rotatable bonds is 5. The van der Waals surface area contributed by atoms with Crippen molar-refractivity contribution in [2.45, 2.75) is 17.4 Å². The highest BCUT2D eigenvalue weighted by atomic mass is 32.2. The van der Waals surface area contributed by atoms with Gasteiger partial charge >= 0.3 is 0 Å². The average Bonchev–Trinajstić information content (AvgIpc) is 2.81. The fourth-order valence-electron chi connectivity index (χ4n) is 1.62. The number of nitrogens with zero attached hydrogens (tertiary/aromatic N) is 2. The molecule has 1 aromatic heterocycles. The Morgan fingerprint density at radius 1 is 1.39 bits per heavy atom. The molecule has 0 radical (unpaired) electrons. The summed E-state index contributed by atoms with van der Waals surface area (Å²) in [5.41, 5.74) is 6.85. The molecule has 5 nitrogen and oxygen atoms in total. The zero-order valence-corrected chi connectivity index (χ0v) is 11.1. The van der Waals surface area contributed by atoms with Crippen LogP contribution in [0.1, 0.15) is 16.7 Å². The van der Waals surface area contributed by atoms with E-state index >= 15 is 0 Å². The lowest BCUT2D eigenvalue weighted by atomic mass is 10.1. The summed E-state index contributed by atoms with van der Waals surface area (Å²) >= 11 is 1.45. The summed E-state index contributed by atoms with van der Waals surface area (Å²) < 4.78 is 10.7. The summed E-state index contributed by atoms with van der Waals surface area (Å²) in [7, 11) is 1.65. The van der Waals surface area contributed by atoms with E-state index in [2.05, 4.69) is 10.2 Å². The molecular formula is C12H15N3O2S. The van der Waals surface area contributed by atoms with Crippen molar-refractivity contribution in [1.82, 2.24) is 10.2 Å². The Bertz CT molecular complexity index is 516. The number of methoxy groups -OCH3 is 1. The van der Waals surface area contributed by atoms with Crippen LogP contribution in [0, 0.1) is 6.92 Å². The lowest BCUT2D eigenvalue weighted by molar-refractivity contribution is 0.408. The van der Waals surface area contributed by atoms with Crippen LogP contribution in [0.2, 0.25) is 0 Å². The Kier molecular flexibility index (Phi) is 4.22. The summed E-state index contributed by atoms with van der Waals surface area (Å²) in [4.78, 5) is 0. The molecule has 2 aromatic rings. The van der Waals surface area contributed by atoms with Gasteiger partial charge in [0.15, 0.2) is 0 Å². The van der Waals surface area contributed by atoms with Crippen LogP contribution in [0.4, 0.5) is 0 Å². The van der Waals surface area contributed by atoms with Crippen LogP contribution in [-0.4, -0.2) is 23.9 Å². The van der Waals surface area contributed by atoms with Crippen LogP contribution in [0.5, 0.6) is 5.75 Å². The van der Waals surface area contributed by atoms with Crippen molar-refractivity contribution in [1.29, 1.82) is 0 Å². The molecule has 1 atom stereocenters. The summed E-state index contributed by atoms with van der Waals surface area (Å²) in [5, 5.41) is 8.32. The summed E-state index contributed by atoms with van der Waals surface area (Å²) in [6.07, 6.45) is 0. The van der Waals surface area contributed by atoms with Gasteiger partial charge in [0.2, 0.25) is 5.89 Å². The Morgan fingerprint density at radius 2 is 2.17 bits per heavy atom. The Hall–Kier alpha value is -1.53. The lowest BCUT2D eigenvalue weighted by Crippen LogP contribution is -2.10. The van der Waals surface area contributed by atoms with Gasteiger partial charge in [0.05, 0.1) is 12.4 Å². The van der Waals surface area contributed by atoms with Crippen molar-refractivity contribution >= 4 is 11.8 Å². The van der Waals surface area contributed by atoms with Crippen molar-refractivity contribution in [3.05, 3.63) is 35.7 Å². The Morgan fingerprint density at radius 3 is 2.78 bits per heavy atom. The minimum Gasteiger partial charge on any atom is -0.496 e. The number of para-hydroxylation sites is 1. The second-order valence-electron chi connectivity index (χ2n) is 3.67. The van der Waals surface area contributed by atoms with Crippen LogP contribution in [-0.2, 0) is 0 Å². The van der Waals surface area contributed by atoms with Gasteiger partial charge in [-0.1, -0.05) is 30.0 Å². The zero-order valence-electron chi connectivity index (χ0n) is 10.3. The molecule has 2 N–H and O–H groups in total. The van der Waals surface area contributed by atoms with Crippen LogP contribution in [0.3, 0.4) is 0 Å². The monoisotopic (exact) mass is 265 g/mol. The predicted molar refractivity (Wildman–Crippen MR) is 69.7 cm³/mol. The molecule has 6 heteroatoms.